The van der Waals surface area contributed by atoms with E-state index in [1.807, 2.05) is 17.8 Å². The first-order chi connectivity index (χ1) is 16.8. The van der Waals surface area contributed by atoms with Crippen LogP contribution in [0.25, 0.3) is 0 Å². The molecule has 3 nitrogen and oxygen atoms in total. The Morgan fingerprint density at radius 2 is 1.65 bits per heavy atom. The quantitative estimate of drug-likeness (QED) is 0.266. The summed E-state index contributed by atoms with van der Waals surface area (Å²) >= 11 is 1.97. The van der Waals surface area contributed by atoms with Gasteiger partial charge in [0.15, 0.2) is 0 Å². The monoisotopic (exact) mass is 473 g/mol. The maximum absolute atomic E-state index is 9.97. The highest BCUT2D eigenvalue weighted by atomic mass is 32.2. The van der Waals surface area contributed by atoms with Crippen molar-refractivity contribution in [3.63, 3.8) is 0 Å². The van der Waals surface area contributed by atoms with Crippen LogP contribution in [0.4, 0.5) is 0 Å². The summed E-state index contributed by atoms with van der Waals surface area (Å²) in [6.45, 7) is 4.52. The lowest BCUT2D eigenvalue weighted by Crippen LogP contribution is -2.25. The number of hydrogen-bond donors (Lipinski definition) is 1. The number of aromatic hydroxyl groups is 1. The molecule has 34 heavy (non-hydrogen) atoms. The maximum atomic E-state index is 9.97. The minimum absolute atomic E-state index is 0.205. The Morgan fingerprint density at radius 3 is 2.44 bits per heavy atom. The summed E-state index contributed by atoms with van der Waals surface area (Å²) in [4.78, 5) is 3.96. The first kappa shape index (κ1) is 23.3. The zero-order chi connectivity index (χ0) is 23.2. The average Bonchev–Trinajstić information content (AvgIpc) is 3.40. The number of nitrogens with zero attached hydrogens (tertiary/aromatic N) is 1. The molecule has 1 fully saturated rings. The van der Waals surface area contributed by atoms with Gasteiger partial charge in [0, 0.05) is 28.4 Å². The smallest absolute Gasteiger partial charge is 0.126 e. The van der Waals surface area contributed by atoms with Gasteiger partial charge < -0.3 is 14.7 Å². The summed E-state index contributed by atoms with van der Waals surface area (Å²) in [7, 11) is 0. The van der Waals surface area contributed by atoms with Crippen molar-refractivity contribution < 1.29 is 9.84 Å². The van der Waals surface area contributed by atoms with Crippen LogP contribution in [0.2, 0.25) is 0 Å². The second-order valence-electron chi connectivity index (χ2n) is 9.55. The van der Waals surface area contributed by atoms with Gasteiger partial charge in [0.1, 0.15) is 11.5 Å². The summed E-state index contributed by atoms with van der Waals surface area (Å²) in [6.07, 6.45) is 6.72. The van der Waals surface area contributed by atoms with Crippen molar-refractivity contribution in [3.8, 4) is 11.5 Å². The van der Waals surface area contributed by atoms with Crippen molar-refractivity contribution in [1.29, 1.82) is 0 Å². The van der Waals surface area contributed by atoms with Crippen LogP contribution in [0.1, 0.15) is 60.6 Å². The molecule has 1 saturated heterocycles. The summed E-state index contributed by atoms with van der Waals surface area (Å²) in [5.74, 6) is 2.68. The van der Waals surface area contributed by atoms with E-state index in [1.54, 1.807) is 12.1 Å². The van der Waals surface area contributed by atoms with Crippen LogP contribution < -0.4 is 4.74 Å². The number of benzene rings is 3. The maximum Gasteiger partial charge on any atom is 0.126 e. The van der Waals surface area contributed by atoms with Crippen molar-refractivity contribution in [2.24, 2.45) is 0 Å². The Morgan fingerprint density at radius 1 is 0.853 bits per heavy atom. The third-order valence-electron chi connectivity index (χ3n) is 7.21. The van der Waals surface area contributed by atoms with Gasteiger partial charge in [-0.1, -0.05) is 55.0 Å². The van der Waals surface area contributed by atoms with Gasteiger partial charge in [0.25, 0.3) is 0 Å². The highest BCUT2D eigenvalue weighted by Gasteiger charge is 2.33. The van der Waals surface area contributed by atoms with Crippen molar-refractivity contribution in [1.82, 2.24) is 4.90 Å². The molecule has 2 aliphatic rings. The van der Waals surface area contributed by atoms with Crippen LogP contribution in [-0.4, -0.2) is 42.0 Å². The predicted molar refractivity (Wildman–Crippen MR) is 141 cm³/mol. The van der Waals surface area contributed by atoms with E-state index in [0.717, 1.165) is 11.3 Å². The average molecular weight is 474 g/mol. The number of likely N-dealkylation sites (tertiary alicyclic amines) is 1. The van der Waals surface area contributed by atoms with Gasteiger partial charge in [-0.3, -0.25) is 0 Å². The minimum atomic E-state index is 0.205. The van der Waals surface area contributed by atoms with E-state index in [-0.39, 0.29) is 17.6 Å². The molecule has 0 saturated carbocycles. The van der Waals surface area contributed by atoms with Crippen LogP contribution in [0.5, 0.6) is 11.5 Å². The van der Waals surface area contributed by atoms with E-state index in [9.17, 15) is 5.11 Å². The summed E-state index contributed by atoms with van der Waals surface area (Å²) < 4.78 is 6.10. The van der Waals surface area contributed by atoms with Crippen LogP contribution >= 0.6 is 11.8 Å². The fourth-order valence-corrected chi connectivity index (χ4v) is 6.29. The van der Waals surface area contributed by atoms with Crippen LogP contribution in [0.15, 0.2) is 77.7 Å². The molecule has 0 bridgehead atoms. The summed E-state index contributed by atoms with van der Waals surface area (Å²) in [5.41, 5.74) is 3.74. The van der Waals surface area contributed by atoms with Gasteiger partial charge in [-0.2, -0.15) is 0 Å². The second kappa shape index (κ2) is 11.3. The van der Waals surface area contributed by atoms with Gasteiger partial charge in [0.2, 0.25) is 0 Å². The topological polar surface area (TPSA) is 32.7 Å². The zero-order valence-electron chi connectivity index (χ0n) is 19.9. The molecule has 0 amide bonds. The molecule has 2 aliphatic heterocycles. The predicted octanol–water partition coefficient (Wildman–Crippen LogP) is 7.06. The molecule has 178 valence electrons. The first-order valence-electron chi connectivity index (χ1n) is 12.7. The molecule has 2 heterocycles. The molecule has 5 rings (SSSR count). The number of rotatable bonds is 9. The van der Waals surface area contributed by atoms with E-state index in [2.05, 4.69) is 59.5 Å². The van der Waals surface area contributed by atoms with Gasteiger partial charge in [-0.25, -0.2) is 0 Å². The Bertz CT molecular complexity index is 1050. The molecule has 1 N–H and O–H groups in total. The lowest BCUT2D eigenvalue weighted by Gasteiger charge is -2.34. The van der Waals surface area contributed by atoms with E-state index < -0.39 is 0 Å². The third kappa shape index (κ3) is 5.61. The highest BCUT2D eigenvalue weighted by Crippen LogP contribution is 2.47. The summed E-state index contributed by atoms with van der Waals surface area (Å²) in [5, 5.41) is 9.97. The summed E-state index contributed by atoms with van der Waals surface area (Å²) in [6, 6.07) is 25.3. The van der Waals surface area contributed by atoms with Crippen molar-refractivity contribution in [2.45, 2.75) is 48.8 Å². The SMILES string of the molecule is Oc1ccc2c(c1)OC[C@H](c1ccccc1)C2c1ccc(SCCCCCN2CCCC2)cc1. The lowest BCUT2D eigenvalue weighted by atomic mass is 9.76. The molecular formula is C30H35NO2S. The molecule has 4 heteroatoms. The fraction of sp³-hybridized carbons (Fsp3) is 0.400. The van der Waals surface area contributed by atoms with E-state index in [4.69, 9.17) is 4.74 Å². The van der Waals surface area contributed by atoms with Crippen molar-refractivity contribution >= 4 is 11.8 Å². The Hall–Kier alpha value is -2.43. The normalized spacial score (nSPS) is 20.1. The lowest BCUT2D eigenvalue weighted by molar-refractivity contribution is 0.248. The van der Waals surface area contributed by atoms with E-state index in [0.29, 0.717) is 6.61 Å². The molecule has 0 aromatic heterocycles. The van der Waals surface area contributed by atoms with Crippen LogP contribution in [0, 0.1) is 0 Å². The van der Waals surface area contributed by atoms with Crippen LogP contribution in [0.3, 0.4) is 0 Å². The number of hydrogen-bond acceptors (Lipinski definition) is 4. The van der Waals surface area contributed by atoms with Gasteiger partial charge in [-0.05, 0) is 80.4 Å². The second-order valence-corrected chi connectivity index (χ2v) is 10.7. The Labute approximate surface area is 208 Å². The van der Waals surface area contributed by atoms with Crippen molar-refractivity contribution in [2.75, 3.05) is 32.0 Å². The van der Waals surface area contributed by atoms with E-state index >= 15 is 0 Å². The largest absolute Gasteiger partial charge is 0.508 e. The molecule has 0 spiro atoms. The van der Waals surface area contributed by atoms with Crippen molar-refractivity contribution in [3.05, 3.63) is 89.5 Å². The van der Waals surface area contributed by atoms with Crippen LogP contribution in [-0.2, 0) is 0 Å². The minimum Gasteiger partial charge on any atom is -0.508 e. The number of fused-ring (bicyclic) bond motifs is 1. The molecule has 0 radical (unpaired) electrons. The Kier molecular flexibility index (Phi) is 7.77. The first-order valence-corrected chi connectivity index (χ1v) is 13.7. The molecule has 2 atom stereocenters. The number of thioether (sulfide) groups is 1. The van der Waals surface area contributed by atoms with Gasteiger partial charge in [0.05, 0.1) is 6.61 Å². The standard InChI is InChI=1S/C30H35NO2S/c32-25-13-16-27-29(21-25)33-22-28(23-9-3-1-4-10-23)30(27)24-11-14-26(15-12-24)34-20-8-2-5-17-31-18-6-7-19-31/h1,3-4,9-16,21,28,30,32H,2,5-8,17-20,22H2/t28-,30?/m1/s1. The molecule has 3 aromatic carbocycles. The van der Waals surface area contributed by atoms with E-state index in [1.165, 1.54) is 73.5 Å². The third-order valence-corrected chi connectivity index (χ3v) is 8.30. The fourth-order valence-electron chi connectivity index (χ4n) is 5.38. The number of phenolic OH excluding ortho intramolecular Hbond substituents is 1. The number of unbranched alkanes of at least 4 members (excludes halogenated alkanes) is 2. The molecule has 3 aromatic rings. The molecule has 0 aliphatic carbocycles. The molecular weight excluding hydrogens is 438 g/mol. The highest BCUT2D eigenvalue weighted by molar-refractivity contribution is 7.99. The van der Waals surface area contributed by atoms with Gasteiger partial charge in [-0.15, -0.1) is 11.8 Å². The Balaban J connectivity index is 1.24. The number of phenols is 1. The zero-order valence-corrected chi connectivity index (χ0v) is 20.7. The number of ether oxygens (including phenoxy) is 1. The molecule has 1 unspecified atom stereocenters. The van der Waals surface area contributed by atoms with Gasteiger partial charge >= 0.3 is 0 Å².